The van der Waals surface area contributed by atoms with Gasteiger partial charge in [0, 0.05) is 13.1 Å². The summed E-state index contributed by atoms with van der Waals surface area (Å²) in [6.07, 6.45) is 0. The van der Waals surface area contributed by atoms with Gasteiger partial charge in [0.1, 0.15) is 11.6 Å². The van der Waals surface area contributed by atoms with Crippen molar-refractivity contribution in [3.8, 4) is 0 Å². The standard InChI is InChI=1S/C6H10N4/c1-5-8-9-6-4-7-2-3-10(5)6/h7H,2-4H2,1H3. The average molecular weight is 138 g/mol. The molecule has 1 aromatic rings. The molecule has 0 saturated heterocycles. The highest BCUT2D eigenvalue weighted by Crippen LogP contribution is 2.03. The molecule has 0 atom stereocenters. The van der Waals surface area contributed by atoms with Crippen molar-refractivity contribution in [2.24, 2.45) is 0 Å². The maximum Gasteiger partial charge on any atom is 0.147 e. The summed E-state index contributed by atoms with van der Waals surface area (Å²) in [5.74, 6) is 2.08. The molecule has 0 bridgehead atoms. The summed E-state index contributed by atoms with van der Waals surface area (Å²) in [7, 11) is 0. The molecule has 0 aliphatic carbocycles. The first kappa shape index (κ1) is 5.85. The van der Waals surface area contributed by atoms with Crippen LogP contribution in [0.3, 0.4) is 0 Å². The van der Waals surface area contributed by atoms with Crippen LogP contribution in [0.1, 0.15) is 11.6 Å². The maximum absolute atomic E-state index is 4.01. The predicted octanol–water partition coefficient (Wildman–Crippen LogP) is -0.310. The Labute approximate surface area is 59.3 Å². The smallest absolute Gasteiger partial charge is 0.147 e. The Balaban J connectivity index is 2.45. The fourth-order valence-corrected chi connectivity index (χ4v) is 1.24. The molecule has 0 spiro atoms. The van der Waals surface area contributed by atoms with E-state index in [0.29, 0.717) is 0 Å². The summed E-state index contributed by atoms with van der Waals surface area (Å²) in [5.41, 5.74) is 0. The highest BCUT2D eigenvalue weighted by Gasteiger charge is 2.11. The number of fused-ring (bicyclic) bond motifs is 1. The van der Waals surface area contributed by atoms with E-state index in [1.54, 1.807) is 0 Å². The van der Waals surface area contributed by atoms with E-state index >= 15 is 0 Å². The van der Waals surface area contributed by atoms with Crippen molar-refractivity contribution < 1.29 is 0 Å². The Bertz CT molecular complexity index is 240. The molecule has 10 heavy (non-hydrogen) atoms. The molecule has 0 unspecified atom stereocenters. The lowest BCUT2D eigenvalue weighted by molar-refractivity contribution is 0.499. The highest BCUT2D eigenvalue weighted by molar-refractivity contribution is 4.95. The number of aromatic nitrogens is 3. The van der Waals surface area contributed by atoms with Crippen LogP contribution < -0.4 is 5.32 Å². The van der Waals surface area contributed by atoms with Crippen molar-refractivity contribution >= 4 is 0 Å². The van der Waals surface area contributed by atoms with Crippen molar-refractivity contribution in [1.82, 2.24) is 20.1 Å². The van der Waals surface area contributed by atoms with Crippen molar-refractivity contribution in [3.63, 3.8) is 0 Å². The van der Waals surface area contributed by atoms with Gasteiger partial charge >= 0.3 is 0 Å². The lowest BCUT2D eigenvalue weighted by Crippen LogP contribution is -2.28. The van der Waals surface area contributed by atoms with E-state index in [0.717, 1.165) is 31.3 Å². The van der Waals surface area contributed by atoms with Crippen LogP contribution in [0.25, 0.3) is 0 Å². The lowest BCUT2D eigenvalue weighted by Gasteiger charge is -2.14. The van der Waals surface area contributed by atoms with Gasteiger partial charge in [0.25, 0.3) is 0 Å². The second-order valence-electron chi connectivity index (χ2n) is 2.49. The van der Waals surface area contributed by atoms with Gasteiger partial charge in [0.2, 0.25) is 0 Å². The molecule has 1 N–H and O–H groups in total. The predicted molar refractivity (Wildman–Crippen MR) is 36.5 cm³/mol. The van der Waals surface area contributed by atoms with E-state index < -0.39 is 0 Å². The van der Waals surface area contributed by atoms with Gasteiger partial charge in [-0.2, -0.15) is 0 Å². The van der Waals surface area contributed by atoms with Gasteiger partial charge in [-0.25, -0.2) is 0 Å². The molecule has 2 rings (SSSR count). The molecule has 1 aliphatic heterocycles. The monoisotopic (exact) mass is 138 g/mol. The van der Waals surface area contributed by atoms with Crippen molar-refractivity contribution in [2.45, 2.75) is 20.0 Å². The zero-order chi connectivity index (χ0) is 6.97. The van der Waals surface area contributed by atoms with E-state index in [9.17, 15) is 0 Å². The number of nitrogens with zero attached hydrogens (tertiary/aromatic N) is 3. The third kappa shape index (κ3) is 0.724. The minimum absolute atomic E-state index is 0.862. The summed E-state index contributed by atoms with van der Waals surface area (Å²) >= 11 is 0. The van der Waals surface area contributed by atoms with Gasteiger partial charge in [-0.15, -0.1) is 10.2 Å². The summed E-state index contributed by atoms with van der Waals surface area (Å²) in [5, 5.41) is 11.2. The Morgan fingerprint density at radius 3 is 3.20 bits per heavy atom. The molecule has 2 heterocycles. The Kier molecular flexibility index (Phi) is 1.20. The Morgan fingerprint density at radius 2 is 2.40 bits per heavy atom. The van der Waals surface area contributed by atoms with Crippen LogP contribution in [0.5, 0.6) is 0 Å². The number of rotatable bonds is 0. The minimum atomic E-state index is 0.862. The quantitative estimate of drug-likeness (QED) is 0.534. The van der Waals surface area contributed by atoms with E-state index in [2.05, 4.69) is 20.1 Å². The van der Waals surface area contributed by atoms with Crippen LogP contribution in [0.2, 0.25) is 0 Å². The van der Waals surface area contributed by atoms with Gasteiger partial charge in [-0.05, 0) is 6.92 Å². The second kappa shape index (κ2) is 2.05. The zero-order valence-corrected chi connectivity index (χ0v) is 5.96. The van der Waals surface area contributed by atoms with Crippen LogP contribution in [-0.4, -0.2) is 21.3 Å². The zero-order valence-electron chi connectivity index (χ0n) is 5.96. The molecule has 1 aromatic heterocycles. The van der Waals surface area contributed by atoms with Gasteiger partial charge in [0.05, 0.1) is 6.54 Å². The number of aryl methyl sites for hydroxylation is 1. The van der Waals surface area contributed by atoms with E-state index in [1.165, 1.54) is 0 Å². The molecule has 4 nitrogen and oxygen atoms in total. The highest BCUT2D eigenvalue weighted by atomic mass is 15.3. The first-order chi connectivity index (χ1) is 4.88. The maximum atomic E-state index is 4.01. The molecular formula is C6H10N4. The third-order valence-corrected chi connectivity index (χ3v) is 1.81. The van der Waals surface area contributed by atoms with Gasteiger partial charge < -0.3 is 9.88 Å². The molecule has 0 radical (unpaired) electrons. The fraction of sp³-hybridized carbons (Fsp3) is 0.667. The first-order valence-corrected chi connectivity index (χ1v) is 3.47. The Morgan fingerprint density at radius 1 is 1.50 bits per heavy atom. The van der Waals surface area contributed by atoms with Gasteiger partial charge in [-0.1, -0.05) is 0 Å². The van der Waals surface area contributed by atoms with Crippen LogP contribution in [0.15, 0.2) is 0 Å². The second-order valence-corrected chi connectivity index (χ2v) is 2.49. The number of hydrogen-bond donors (Lipinski definition) is 1. The summed E-state index contributed by atoms with van der Waals surface area (Å²) in [4.78, 5) is 0. The lowest BCUT2D eigenvalue weighted by atomic mass is 10.4. The SMILES string of the molecule is Cc1nnc2n1CCNC2. The number of nitrogens with one attached hydrogen (secondary N) is 1. The summed E-state index contributed by atoms with van der Waals surface area (Å²) < 4.78 is 2.15. The van der Waals surface area contributed by atoms with Gasteiger partial charge in [-0.3, -0.25) is 0 Å². The molecule has 4 heteroatoms. The topological polar surface area (TPSA) is 42.7 Å². The van der Waals surface area contributed by atoms with E-state index in [4.69, 9.17) is 0 Å². The number of hydrogen-bond acceptors (Lipinski definition) is 3. The van der Waals surface area contributed by atoms with Gasteiger partial charge in [0.15, 0.2) is 0 Å². The van der Waals surface area contributed by atoms with Crippen LogP contribution in [-0.2, 0) is 13.1 Å². The Hall–Kier alpha value is -0.900. The fourth-order valence-electron chi connectivity index (χ4n) is 1.24. The van der Waals surface area contributed by atoms with Crippen LogP contribution in [0, 0.1) is 6.92 Å². The molecule has 54 valence electrons. The molecule has 0 amide bonds. The van der Waals surface area contributed by atoms with Crippen LogP contribution in [0.4, 0.5) is 0 Å². The minimum Gasteiger partial charge on any atom is -0.313 e. The molecule has 0 saturated carbocycles. The molecule has 0 fully saturated rings. The average Bonchev–Trinajstić information content (AvgIpc) is 2.34. The normalized spacial score (nSPS) is 16.9. The van der Waals surface area contributed by atoms with E-state index in [1.807, 2.05) is 6.92 Å². The first-order valence-electron chi connectivity index (χ1n) is 3.47. The van der Waals surface area contributed by atoms with Crippen molar-refractivity contribution in [1.29, 1.82) is 0 Å². The largest absolute Gasteiger partial charge is 0.313 e. The van der Waals surface area contributed by atoms with Crippen molar-refractivity contribution in [2.75, 3.05) is 6.54 Å². The summed E-state index contributed by atoms with van der Waals surface area (Å²) in [6, 6.07) is 0. The summed E-state index contributed by atoms with van der Waals surface area (Å²) in [6.45, 7) is 4.89. The molecule has 1 aliphatic rings. The third-order valence-electron chi connectivity index (χ3n) is 1.81. The van der Waals surface area contributed by atoms with Crippen molar-refractivity contribution in [3.05, 3.63) is 11.6 Å². The molecular weight excluding hydrogens is 128 g/mol. The van der Waals surface area contributed by atoms with E-state index in [-0.39, 0.29) is 0 Å². The molecule has 0 aromatic carbocycles. The van der Waals surface area contributed by atoms with Crippen LogP contribution >= 0.6 is 0 Å².